The van der Waals surface area contributed by atoms with E-state index in [1.807, 2.05) is 106 Å². The summed E-state index contributed by atoms with van der Waals surface area (Å²) in [6, 6.07) is 39.6. The van der Waals surface area contributed by atoms with Crippen LogP contribution in [-0.4, -0.2) is 68.7 Å². The molecule has 0 bridgehead atoms. The van der Waals surface area contributed by atoms with Gasteiger partial charge >= 0.3 is 0 Å². The number of carbonyl (C=O) groups is 2. The molecule has 0 radical (unpaired) electrons. The number of halogens is 1. The fraction of sp³-hybridized carbons (Fsp3) is 0.222. The van der Waals surface area contributed by atoms with Gasteiger partial charge in [-0.05, 0) is 164 Å². The van der Waals surface area contributed by atoms with Gasteiger partial charge in [-0.1, -0.05) is 66.5 Å². The van der Waals surface area contributed by atoms with Crippen molar-refractivity contribution in [2.75, 3.05) is 27.3 Å². The van der Waals surface area contributed by atoms with Crippen molar-refractivity contribution in [3.8, 4) is 0 Å². The second kappa shape index (κ2) is 24.4. The van der Waals surface area contributed by atoms with Crippen molar-refractivity contribution in [3.63, 3.8) is 0 Å². The number of pyridine rings is 2. The van der Waals surface area contributed by atoms with E-state index in [1.54, 1.807) is 56.1 Å². The first-order valence-corrected chi connectivity index (χ1v) is 25.6. The van der Waals surface area contributed by atoms with Crippen molar-refractivity contribution in [2.45, 2.75) is 70.6 Å². The lowest BCUT2D eigenvalue weighted by Gasteiger charge is -2.23. The van der Waals surface area contributed by atoms with Crippen molar-refractivity contribution < 1.29 is 19.1 Å². The zero-order valence-electron chi connectivity index (χ0n) is 38.5. The number of hydrogen-bond acceptors (Lipinski definition) is 10. The zero-order chi connectivity index (χ0) is 48.0. The van der Waals surface area contributed by atoms with Crippen LogP contribution < -0.4 is 10.6 Å². The third-order valence-corrected chi connectivity index (χ3v) is 14.3. The van der Waals surface area contributed by atoms with Crippen molar-refractivity contribution in [2.24, 2.45) is 0 Å². The molecule has 352 valence electrons. The summed E-state index contributed by atoms with van der Waals surface area (Å²) >= 11 is 5.45. The van der Waals surface area contributed by atoms with E-state index in [9.17, 15) is 9.59 Å². The number of fused-ring (bicyclic) bond motifs is 2. The lowest BCUT2D eigenvalue weighted by molar-refractivity contribution is -0.0369. The largest absolute Gasteiger partial charge is 0.356 e. The molecule has 2 aliphatic rings. The molecule has 4 aromatic heterocycles. The van der Waals surface area contributed by atoms with E-state index in [2.05, 4.69) is 86.2 Å². The monoisotopic (exact) mass is 1070 g/mol. The highest BCUT2D eigenvalue weighted by atomic mass is 127. The van der Waals surface area contributed by atoms with Gasteiger partial charge in [0.1, 0.15) is 3.70 Å². The molecule has 2 unspecified atom stereocenters. The summed E-state index contributed by atoms with van der Waals surface area (Å²) in [6.45, 7) is 5.11. The molecule has 8 aromatic rings. The molecule has 2 aliphatic heterocycles. The number of carbonyl (C=O) groups excluding carboxylic acids is 2. The maximum absolute atomic E-state index is 12.3. The summed E-state index contributed by atoms with van der Waals surface area (Å²) in [5, 5.41) is 17.3. The van der Waals surface area contributed by atoms with Gasteiger partial charge in [-0.2, -0.15) is 10.2 Å². The molecule has 12 nitrogen and oxygen atoms in total. The van der Waals surface area contributed by atoms with Gasteiger partial charge in [-0.15, -0.1) is 0 Å². The highest BCUT2D eigenvalue weighted by Gasteiger charge is 2.23. The van der Waals surface area contributed by atoms with Crippen molar-refractivity contribution in [3.05, 3.63) is 172 Å². The molecule has 4 aromatic carbocycles. The second-order valence-corrected chi connectivity index (χ2v) is 19.2. The SMILES string of the molecule is C=Cc1ccccn1.CNC(=O)c1ccccc1Sc1ccc2c(/C=C/c3ccccn3)nn(C3CCCCO3)c2c1.CNC(=O)c1ccccc1Sc1ccc2c(I)nn(C3CCCCO3)c2c1. The Morgan fingerprint density at radius 1 is 0.638 bits per heavy atom. The topological polar surface area (TPSA) is 138 Å². The van der Waals surface area contributed by atoms with E-state index in [0.717, 1.165) is 114 Å². The van der Waals surface area contributed by atoms with Gasteiger partial charge in [0.05, 0.1) is 39.2 Å². The third kappa shape index (κ3) is 12.6. The normalized spacial score (nSPS) is 15.7. The van der Waals surface area contributed by atoms with Crippen LogP contribution in [0.15, 0.2) is 160 Å². The number of nitrogens with zero attached hydrogens (tertiary/aromatic N) is 6. The molecule has 2 fully saturated rings. The standard InChI is InChI=1S/C27H26N4O2S.C20H20IN3O2S.C7H7N/c1-28-27(32)22-9-2-3-10-25(22)34-20-13-14-21-23(15-12-19-8-4-6-16-29-19)30-31(24(21)18-20)26-11-5-7-17-33-26;1-22-20(25)15-6-2-3-7-17(15)27-13-9-10-14-16(12-13)24(23-19(14)21)18-8-4-5-11-26-18;1-2-7-5-3-4-6-8-7/h2-4,6,8-10,12-16,18,26H,5,7,11,17H2,1H3,(H,28,32);2-3,6-7,9-10,12,18H,4-5,8,11H2,1H3,(H,22,25);2-6H,1H2/b15-12+;;. The number of benzene rings is 4. The molecular formula is C54H53IN8O4S2. The molecule has 6 heterocycles. The summed E-state index contributed by atoms with van der Waals surface area (Å²) in [5.74, 6) is -0.166. The summed E-state index contributed by atoms with van der Waals surface area (Å²) in [4.78, 5) is 36.8. The maximum atomic E-state index is 12.3. The zero-order valence-corrected chi connectivity index (χ0v) is 42.3. The number of ether oxygens (including phenoxy) is 2. The number of nitrogens with one attached hydrogen (secondary N) is 2. The predicted molar refractivity (Wildman–Crippen MR) is 285 cm³/mol. The fourth-order valence-corrected chi connectivity index (χ4v) is 10.5. The Kier molecular flexibility index (Phi) is 17.5. The lowest BCUT2D eigenvalue weighted by atomic mass is 10.1. The minimum absolute atomic E-state index is 0.00294. The second-order valence-electron chi connectivity index (χ2n) is 16.0. The minimum atomic E-state index is -0.0910. The highest BCUT2D eigenvalue weighted by Crippen LogP contribution is 2.37. The van der Waals surface area contributed by atoms with Gasteiger partial charge in [0.15, 0.2) is 12.5 Å². The summed E-state index contributed by atoms with van der Waals surface area (Å²) in [7, 11) is 3.30. The smallest absolute Gasteiger partial charge is 0.252 e. The van der Waals surface area contributed by atoms with Crippen LogP contribution in [0.4, 0.5) is 0 Å². The molecule has 2 amide bonds. The Morgan fingerprint density at radius 2 is 1.14 bits per heavy atom. The summed E-state index contributed by atoms with van der Waals surface area (Å²) < 4.78 is 17.0. The van der Waals surface area contributed by atoms with E-state index in [4.69, 9.17) is 19.7 Å². The van der Waals surface area contributed by atoms with Crippen LogP contribution in [0.5, 0.6) is 0 Å². The molecule has 2 N–H and O–H groups in total. The van der Waals surface area contributed by atoms with E-state index in [0.29, 0.717) is 11.1 Å². The Bertz CT molecular complexity index is 3040. The van der Waals surface area contributed by atoms with Gasteiger partial charge in [-0.3, -0.25) is 19.6 Å². The van der Waals surface area contributed by atoms with E-state index in [-0.39, 0.29) is 24.3 Å². The summed E-state index contributed by atoms with van der Waals surface area (Å²) in [5.41, 5.74) is 6.15. The molecule has 2 saturated heterocycles. The lowest BCUT2D eigenvalue weighted by Crippen LogP contribution is -2.19. The molecule has 0 spiro atoms. The summed E-state index contributed by atoms with van der Waals surface area (Å²) in [6.07, 6.45) is 15.6. The van der Waals surface area contributed by atoms with Crippen LogP contribution in [-0.2, 0) is 9.47 Å². The average molecular weight is 1070 g/mol. The van der Waals surface area contributed by atoms with Crippen LogP contribution in [0.3, 0.4) is 0 Å². The van der Waals surface area contributed by atoms with Gasteiger partial charge in [-0.25, -0.2) is 9.36 Å². The molecule has 69 heavy (non-hydrogen) atoms. The van der Waals surface area contributed by atoms with Gasteiger partial charge in [0, 0.05) is 70.1 Å². The first-order valence-electron chi connectivity index (χ1n) is 22.9. The fourth-order valence-electron chi connectivity index (χ4n) is 7.89. The number of amides is 2. The predicted octanol–water partition coefficient (Wildman–Crippen LogP) is 12.4. The van der Waals surface area contributed by atoms with Crippen LogP contribution in [0, 0.1) is 3.70 Å². The third-order valence-electron chi connectivity index (χ3n) is 11.4. The first-order chi connectivity index (χ1) is 33.8. The maximum Gasteiger partial charge on any atom is 0.252 e. The van der Waals surface area contributed by atoms with E-state index >= 15 is 0 Å². The highest BCUT2D eigenvalue weighted by molar-refractivity contribution is 14.1. The molecule has 0 saturated carbocycles. The molecule has 0 aliphatic carbocycles. The first kappa shape index (κ1) is 49.3. The van der Waals surface area contributed by atoms with Crippen LogP contribution in [0.25, 0.3) is 40.0 Å². The van der Waals surface area contributed by atoms with Gasteiger partial charge in [0.2, 0.25) is 0 Å². The number of aromatic nitrogens is 6. The van der Waals surface area contributed by atoms with Crippen molar-refractivity contribution in [1.29, 1.82) is 0 Å². The van der Waals surface area contributed by atoms with Gasteiger partial charge in [0.25, 0.3) is 11.8 Å². The van der Waals surface area contributed by atoms with Crippen molar-refractivity contribution in [1.82, 2.24) is 40.2 Å². The molecular weight excluding hydrogens is 1020 g/mol. The molecule has 10 rings (SSSR count). The minimum Gasteiger partial charge on any atom is -0.356 e. The van der Waals surface area contributed by atoms with E-state index < -0.39 is 0 Å². The number of hydrogen-bond donors (Lipinski definition) is 2. The van der Waals surface area contributed by atoms with Gasteiger partial charge < -0.3 is 20.1 Å². The van der Waals surface area contributed by atoms with Crippen molar-refractivity contribution >= 4 is 98.0 Å². The average Bonchev–Trinajstić information content (AvgIpc) is 3.95. The number of rotatable bonds is 11. The Hall–Kier alpha value is -6.11. The van der Waals surface area contributed by atoms with Crippen LogP contribution >= 0.6 is 46.1 Å². The Balaban J connectivity index is 0.000000163. The van der Waals surface area contributed by atoms with E-state index in [1.165, 1.54) is 0 Å². The molecule has 15 heteroatoms. The Labute approximate surface area is 424 Å². The van der Waals surface area contributed by atoms with Crippen LogP contribution in [0.1, 0.15) is 88.8 Å². The van der Waals surface area contributed by atoms with Crippen LogP contribution in [0.2, 0.25) is 0 Å². The Morgan fingerprint density at radius 3 is 1.64 bits per heavy atom. The quantitative estimate of drug-likeness (QED) is 0.120. The molecule has 2 atom stereocenters.